The van der Waals surface area contributed by atoms with Crippen LogP contribution >= 0.6 is 0 Å². The largest absolute Gasteiger partial charge is 0.497 e. The number of ether oxygens (including phenoxy) is 1. The molecule has 0 amide bonds. The van der Waals surface area contributed by atoms with Crippen molar-refractivity contribution < 1.29 is 17.9 Å². The van der Waals surface area contributed by atoms with Crippen LogP contribution in [0.25, 0.3) is 22.5 Å². The summed E-state index contributed by atoms with van der Waals surface area (Å²) in [7, 11) is 1.53. The monoisotopic (exact) mass is 318 g/mol. The summed E-state index contributed by atoms with van der Waals surface area (Å²) < 4.78 is 44.1. The molecule has 0 unspecified atom stereocenters. The molecule has 0 aliphatic carbocycles. The molecule has 6 heteroatoms. The number of nitrogens with zero attached hydrogens (tertiary/aromatic N) is 1. The fourth-order valence-electron chi connectivity index (χ4n) is 2.28. The summed E-state index contributed by atoms with van der Waals surface area (Å²) >= 11 is 0. The van der Waals surface area contributed by atoms with Crippen molar-refractivity contribution in [3.05, 3.63) is 60.4 Å². The minimum absolute atomic E-state index is 0.267. The Bertz CT molecular complexity index is 793. The van der Waals surface area contributed by atoms with Gasteiger partial charge in [0.05, 0.1) is 18.5 Å². The van der Waals surface area contributed by atoms with Gasteiger partial charge in [-0.2, -0.15) is 13.2 Å². The van der Waals surface area contributed by atoms with Gasteiger partial charge in [0, 0.05) is 11.1 Å². The van der Waals surface area contributed by atoms with Gasteiger partial charge < -0.3 is 9.72 Å². The molecule has 3 aromatic rings. The third kappa shape index (κ3) is 3.06. The minimum Gasteiger partial charge on any atom is -0.497 e. The number of H-pyrrole nitrogens is 1. The lowest BCUT2D eigenvalue weighted by molar-refractivity contribution is -0.144. The lowest BCUT2D eigenvalue weighted by Crippen LogP contribution is -2.07. The number of imidazole rings is 1. The Morgan fingerprint density at radius 2 is 1.57 bits per heavy atom. The van der Waals surface area contributed by atoms with Crippen LogP contribution < -0.4 is 4.74 Å². The molecule has 1 N–H and O–H groups in total. The van der Waals surface area contributed by atoms with E-state index < -0.39 is 12.0 Å². The lowest BCUT2D eigenvalue weighted by Gasteiger charge is -2.05. The number of aromatic nitrogens is 2. The molecule has 3 rings (SSSR count). The van der Waals surface area contributed by atoms with E-state index in [9.17, 15) is 13.2 Å². The zero-order valence-electron chi connectivity index (χ0n) is 12.2. The van der Waals surface area contributed by atoms with Gasteiger partial charge in [-0.25, -0.2) is 4.98 Å². The molecule has 1 aromatic heterocycles. The molecular weight excluding hydrogens is 305 g/mol. The predicted octanol–water partition coefficient (Wildman–Crippen LogP) is 4.77. The maximum Gasteiger partial charge on any atom is 0.449 e. The van der Waals surface area contributed by atoms with Gasteiger partial charge in [0.25, 0.3) is 0 Å². The molecule has 2 aromatic carbocycles. The van der Waals surface area contributed by atoms with E-state index in [-0.39, 0.29) is 5.69 Å². The zero-order valence-corrected chi connectivity index (χ0v) is 12.2. The Kier molecular flexibility index (Phi) is 3.82. The summed E-state index contributed by atoms with van der Waals surface area (Å²) in [6.07, 6.45) is -4.53. The lowest BCUT2D eigenvalue weighted by atomic mass is 10.1. The summed E-state index contributed by atoms with van der Waals surface area (Å²) in [6.45, 7) is 0. The Balaban J connectivity index is 2.15. The fraction of sp³-hybridized carbons (Fsp3) is 0.118. The van der Waals surface area contributed by atoms with Crippen LogP contribution in [0.5, 0.6) is 5.75 Å². The van der Waals surface area contributed by atoms with Gasteiger partial charge in [-0.3, -0.25) is 0 Å². The van der Waals surface area contributed by atoms with E-state index in [0.29, 0.717) is 22.6 Å². The normalized spacial score (nSPS) is 11.5. The molecular formula is C17H13F3N2O. The first-order chi connectivity index (χ1) is 11.0. The van der Waals surface area contributed by atoms with Crippen LogP contribution in [0, 0.1) is 0 Å². The predicted molar refractivity (Wildman–Crippen MR) is 81.0 cm³/mol. The number of hydrogen-bond acceptors (Lipinski definition) is 2. The standard InChI is InChI=1S/C17H13F3N2O/c1-23-13-9-7-12(8-10-13)15-14(11-5-3-2-4-6-11)21-16(22-15)17(18,19)20/h2-10H,1H3,(H,21,22). The summed E-state index contributed by atoms with van der Waals surface area (Å²) in [4.78, 5) is 6.16. The second-order valence-corrected chi connectivity index (χ2v) is 4.90. The van der Waals surface area contributed by atoms with Crippen molar-refractivity contribution in [3.63, 3.8) is 0 Å². The molecule has 23 heavy (non-hydrogen) atoms. The topological polar surface area (TPSA) is 37.9 Å². The fourth-order valence-corrected chi connectivity index (χ4v) is 2.28. The Morgan fingerprint density at radius 1 is 0.913 bits per heavy atom. The third-order valence-electron chi connectivity index (χ3n) is 3.40. The number of aromatic amines is 1. The van der Waals surface area contributed by atoms with Crippen molar-refractivity contribution in [2.24, 2.45) is 0 Å². The number of methoxy groups -OCH3 is 1. The molecule has 0 saturated heterocycles. The highest BCUT2D eigenvalue weighted by molar-refractivity contribution is 5.78. The maximum atomic E-state index is 13.0. The van der Waals surface area contributed by atoms with E-state index >= 15 is 0 Å². The summed E-state index contributed by atoms with van der Waals surface area (Å²) in [5, 5.41) is 0. The maximum absolute atomic E-state index is 13.0. The molecule has 0 aliphatic rings. The van der Waals surface area contributed by atoms with Crippen LogP contribution in [-0.2, 0) is 6.18 Å². The van der Waals surface area contributed by atoms with Crippen LogP contribution in [0.2, 0.25) is 0 Å². The van der Waals surface area contributed by atoms with Crippen molar-refractivity contribution >= 4 is 0 Å². The Hall–Kier alpha value is -2.76. The average Bonchev–Trinajstić information content (AvgIpc) is 3.01. The van der Waals surface area contributed by atoms with Crippen LogP contribution in [-0.4, -0.2) is 17.1 Å². The van der Waals surface area contributed by atoms with Gasteiger partial charge in [-0.15, -0.1) is 0 Å². The number of nitrogens with one attached hydrogen (secondary N) is 1. The molecule has 0 bridgehead atoms. The molecule has 0 saturated carbocycles. The van der Waals surface area contributed by atoms with Crippen molar-refractivity contribution in [2.45, 2.75) is 6.18 Å². The molecule has 0 atom stereocenters. The minimum atomic E-state index is -4.53. The van der Waals surface area contributed by atoms with E-state index in [1.165, 1.54) is 7.11 Å². The van der Waals surface area contributed by atoms with E-state index in [1.54, 1.807) is 54.6 Å². The van der Waals surface area contributed by atoms with Gasteiger partial charge in [-0.05, 0) is 24.3 Å². The smallest absolute Gasteiger partial charge is 0.449 e. The van der Waals surface area contributed by atoms with Gasteiger partial charge in [0.1, 0.15) is 5.75 Å². The molecule has 0 spiro atoms. The molecule has 3 nitrogen and oxygen atoms in total. The van der Waals surface area contributed by atoms with Crippen molar-refractivity contribution in [1.82, 2.24) is 9.97 Å². The first-order valence-corrected chi connectivity index (χ1v) is 6.86. The second-order valence-electron chi connectivity index (χ2n) is 4.90. The highest BCUT2D eigenvalue weighted by Crippen LogP contribution is 2.35. The van der Waals surface area contributed by atoms with Gasteiger partial charge in [0.15, 0.2) is 0 Å². The summed E-state index contributed by atoms with van der Waals surface area (Å²) in [5.74, 6) is -0.382. The number of benzene rings is 2. The Morgan fingerprint density at radius 3 is 2.13 bits per heavy atom. The Labute approximate surface area is 130 Å². The first kappa shape index (κ1) is 15.1. The zero-order chi connectivity index (χ0) is 16.4. The highest BCUT2D eigenvalue weighted by atomic mass is 19.4. The number of alkyl halides is 3. The van der Waals surface area contributed by atoms with Crippen LogP contribution in [0.4, 0.5) is 13.2 Å². The summed E-state index contributed by atoms with van der Waals surface area (Å²) in [6, 6.07) is 15.5. The first-order valence-electron chi connectivity index (χ1n) is 6.86. The molecule has 0 fully saturated rings. The van der Waals surface area contributed by atoms with Gasteiger partial charge in [-0.1, -0.05) is 30.3 Å². The highest BCUT2D eigenvalue weighted by Gasteiger charge is 2.36. The van der Waals surface area contributed by atoms with E-state index in [2.05, 4.69) is 9.97 Å². The van der Waals surface area contributed by atoms with Crippen LogP contribution in [0.15, 0.2) is 54.6 Å². The van der Waals surface area contributed by atoms with Crippen LogP contribution in [0.3, 0.4) is 0 Å². The van der Waals surface area contributed by atoms with Crippen molar-refractivity contribution in [2.75, 3.05) is 7.11 Å². The van der Waals surface area contributed by atoms with Crippen LogP contribution in [0.1, 0.15) is 5.82 Å². The third-order valence-corrected chi connectivity index (χ3v) is 3.40. The van der Waals surface area contributed by atoms with E-state index in [0.717, 1.165) is 0 Å². The van der Waals surface area contributed by atoms with Crippen molar-refractivity contribution in [3.8, 4) is 28.3 Å². The quantitative estimate of drug-likeness (QED) is 0.755. The molecule has 118 valence electrons. The van der Waals surface area contributed by atoms with E-state index in [1.807, 2.05) is 0 Å². The number of hydrogen-bond donors (Lipinski definition) is 1. The van der Waals surface area contributed by atoms with Gasteiger partial charge >= 0.3 is 6.18 Å². The number of halogens is 3. The van der Waals surface area contributed by atoms with E-state index in [4.69, 9.17) is 4.74 Å². The molecule has 1 heterocycles. The molecule has 0 aliphatic heterocycles. The van der Waals surface area contributed by atoms with Crippen molar-refractivity contribution in [1.29, 1.82) is 0 Å². The average molecular weight is 318 g/mol. The second kappa shape index (κ2) is 5.79. The molecule has 0 radical (unpaired) electrons. The number of rotatable bonds is 3. The SMILES string of the molecule is COc1ccc(-c2[nH]c(C(F)(F)F)nc2-c2ccccc2)cc1. The van der Waals surface area contributed by atoms with Gasteiger partial charge in [0.2, 0.25) is 5.82 Å². The summed E-state index contributed by atoms with van der Waals surface area (Å²) in [5.41, 5.74) is 1.81.